The molecule has 3 aromatic rings. The lowest BCUT2D eigenvalue weighted by molar-refractivity contribution is 0.122. The third kappa shape index (κ3) is 6.20. The lowest BCUT2D eigenvalue weighted by atomic mass is 9.97. The maximum atomic E-state index is 5.41. The van der Waals surface area contributed by atoms with Gasteiger partial charge in [0.25, 0.3) is 0 Å². The molecule has 0 amide bonds. The monoisotopic (exact) mass is 438 g/mol. The van der Waals surface area contributed by atoms with Gasteiger partial charge in [0.2, 0.25) is 11.7 Å². The highest BCUT2D eigenvalue weighted by atomic mass is 16.5. The first-order valence-corrected chi connectivity index (χ1v) is 11.6. The summed E-state index contributed by atoms with van der Waals surface area (Å²) in [5.74, 6) is 2.20. The molecule has 32 heavy (non-hydrogen) atoms. The molecule has 0 atom stereocenters. The highest BCUT2D eigenvalue weighted by molar-refractivity contribution is 5.52. The Hall–Kier alpha value is -2.65. The molecule has 1 fully saturated rings. The van der Waals surface area contributed by atoms with Crippen LogP contribution in [0.2, 0.25) is 0 Å². The molecule has 0 saturated carbocycles. The van der Waals surface area contributed by atoms with Crippen molar-refractivity contribution >= 4 is 0 Å². The Morgan fingerprint density at radius 3 is 2.34 bits per heavy atom. The third-order valence-corrected chi connectivity index (χ3v) is 5.76. The summed E-state index contributed by atoms with van der Waals surface area (Å²) >= 11 is 0. The fourth-order valence-corrected chi connectivity index (χ4v) is 3.80. The minimum absolute atomic E-state index is 0.0991. The van der Waals surface area contributed by atoms with Gasteiger partial charge in [0.1, 0.15) is 0 Å². The summed E-state index contributed by atoms with van der Waals surface area (Å²) in [4.78, 5) is 11.2. The predicted octanol–water partition coefficient (Wildman–Crippen LogP) is 3.01. The summed E-state index contributed by atoms with van der Waals surface area (Å²) in [5.41, 5.74) is 0.907. The molecule has 3 heterocycles. The van der Waals surface area contributed by atoms with Crippen LogP contribution in [-0.2, 0) is 18.5 Å². The third-order valence-electron chi connectivity index (χ3n) is 5.76. The van der Waals surface area contributed by atoms with E-state index >= 15 is 0 Å². The zero-order chi connectivity index (χ0) is 22.4. The molecule has 2 aromatic heterocycles. The Balaban J connectivity index is 1.10. The van der Waals surface area contributed by atoms with Gasteiger partial charge < -0.3 is 9.42 Å². The summed E-state index contributed by atoms with van der Waals surface area (Å²) in [5, 5.41) is 17.0. The Morgan fingerprint density at radius 1 is 0.906 bits per heavy atom. The van der Waals surface area contributed by atoms with Crippen LogP contribution in [0.5, 0.6) is 0 Å². The number of piperazine rings is 1. The van der Waals surface area contributed by atoms with E-state index in [1.165, 1.54) is 12.8 Å². The molecule has 1 aromatic carbocycles. The van der Waals surface area contributed by atoms with Crippen molar-refractivity contribution in [1.82, 2.24) is 40.1 Å². The lowest BCUT2D eigenvalue weighted by Crippen LogP contribution is -2.46. The molecule has 0 spiro atoms. The zero-order valence-corrected chi connectivity index (χ0v) is 19.4. The molecular weight excluding hydrogens is 404 g/mol. The first-order valence-electron chi connectivity index (χ1n) is 11.6. The zero-order valence-electron chi connectivity index (χ0n) is 19.4. The fourth-order valence-electron chi connectivity index (χ4n) is 3.80. The van der Waals surface area contributed by atoms with Crippen molar-refractivity contribution in [3.63, 3.8) is 0 Å². The molecule has 172 valence electrons. The van der Waals surface area contributed by atoms with Gasteiger partial charge in [-0.3, -0.25) is 4.90 Å². The van der Waals surface area contributed by atoms with E-state index in [1.54, 1.807) is 4.80 Å². The summed E-state index contributed by atoms with van der Waals surface area (Å²) in [6, 6.07) is 9.98. The van der Waals surface area contributed by atoms with Crippen LogP contribution in [0.3, 0.4) is 0 Å². The fraction of sp³-hybridized carbons (Fsp3) is 0.609. The van der Waals surface area contributed by atoms with Crippen molar-refractivity contribution in [3.05, 3.63) is 42.0 Å². The van der Waals surface area contributed by atoms with Crippen molar-refractivity contribution in [3.8, 4) is 11.4 Å². The maximum absolute atomic E-state index is 5.41. The summed E-state index contributed by atoms with van der Waals surface area (Å²) < 4.78 is 5.41. The van der Waals surface area contributed by atoms with Gasteiger partial charge in [-0.05, 0) is 24.6 Å². The molecule has 0 radical (unpaired) electrons. The number of rotatable bonds is 9. The van der Waals surface area contributed by atoms with Gasteiger partial charge in [0.05, 0.1) is 13.1 Å². The Morgan fingerprint density at radius 2 is 1.62 bits per heavy atom. The van der Waals surface area contributed by atoms with E-state index in [1.807, 2.05) is 30.3 Å². The summed E-state index contributed by atoms with van der Waals surface area (Å²) in [6.45, 7) is 13.3. The second-order valence-electron chi connectivity index (χ2n) is 9.52. The lowest BCUT2D eigenvalue weighted by Gasteiger charge is -2.34. The van der Waals surface area contributed by atoms with Gasteiger partial charge in [-0.2, -0.15) is 9.78 Å². The molecular formula is C23H34N8O. The normalized spacial score (nSPS) is 16.0. The van der Waals surface area contributed by atoms with Crippen molar-refractivity contribution in [2.45, 2.75) is 58.5 Å². The van der Waals surface area contributed by atoms with Crippen molar-refractivity contribution in [1.29, 1.82) is 0 Å². The number of aromatic nitrogens is 6. The van der Waals surface area contributed by atoms with E-state index in [0.717, 1.165) is 63.6 Å². The number of benzene rings is 1. The quantitative estimate of drug-likeness (QED) is 0.471. The van der Waals surface area contributed by atoms with E-state index in [-0.39, 0.29) is 5.41 Å². The smallest absolute Gasteiger partial charge is 0.232 e. The minimum Gasteiger partial charge on any atom is -0.339 e. The Kier molecular flexibility index (Phi) is 7.26. The van der Waals surface area contributed by atoms with Crippen molar-refractivity contribution in [2.75, 3.05) is 32.7 Å². The van der Waals surface area contributed by atoms with E-state index in [9.17, 15) is 0 Å². The number of aryl methyl sites for hydroxylation is 1. The van der Waals surface area contributed by atoms with Gasteiger partial charge in [-0.25, -0.2) is 0 Å². The van der Waals surface area contributed by atoms with Crippen molar-refractivity contribution in [2.24, 2.45) is 0 Å². The van der Waals surface area contributed by atoms with Crippen LogP contribution in [0, 0.1) is 0 Å². The first-order chi connectivity index (χ1) is 15.5. The standard InChI is InChI=1S/C23H34N8O/c1-23(2,3)22-24-20(27-32-22)18-30-16-14-29(15-17-30)12-8-5-9-13-31-26-21(25-28-31)19-10-6-4-7-11-19/h4,6-7,10-11H,5,8-9,12-18H2,1-3H3. The SMILES string of the molecule is CC(C)(C)c1nc(CN2CCN(CCCCCn3nnc(-c4ccccc4)n3)CC2)no1. The largest absolute Gasteiger partial charge is 0.339 e. The molecule has 4 rings (SSSR count). The maximum Gasteiger partial charge on any atom is 0.232 e. The number of unbranched alkanes of at least 4 members (excludes halogenated alkanes) is 2. The average Bonchev–Trinajstić information content (AvgIpc) is 3.45. The van der Waals surface area contributed by atoms with Crippen molar-refractivity contribution < 1.29 is 4.52 Å². The second kappa shape index (κ2) is 10.3. The van der Waals surface area contributed by atoms with Crippen LogP contribution < -0.4 is 0 Å². The van der Waals surface area contributed by atoms with Crippen LogP contribution in [0.4, 0.5) is 0 Å². The van der Waals surface area contributed by atoms with E-state index in [2.05, 4.69) is 56.1 Å². The number of tetrazole rings is 1. The molecule has 0 bridgehead atoms. The molecule has 9 nitrogen and oxygen atoms in total. The van der Waals surface area contributed by atoms with Crippen LogP contribution >= 0.6 is 0 Å². The molecule has 0 N–H and O–H groups in total. The first kappa shape index (κ1) is 22.5. The average molecular weight is 439 g/mol. The molecule has 1 aliphatic heterocycles. The minimum atomic E-state index is -0.0991. The van der Waals surface area contributed by atoms with Gasteiger partial charge in [-0.1, -0.05) is 62.7 Å². The molecule has 0 aliphatic carbocycles. The summed E-state index contributed by atoms with van der Waals surface area (Å²) in [6.07, 6.45) is 3.43. The van der Waals surface area contributed by atoms with Gasteiger partial charge in [0, 0.05) is 37.2 Å². The van der Waals surface area contributed by atoms with Crippen LogP contribution in [-0.4, -0.2) is 72.9 Å². The van der Waals surface area contributed by atoms with Crippen LogP contribution in [0.25, 0.3) is 11.4 Å². The number of nitrogens with zero attached hydrogens (tertiary/aromatic N) is 8. The number of hydrogen-bond donors (Lipinski definition) is 0. The Bertz CT molecular complexity index is 954. The molecule has 1 aliphatic rings. The predicted molar refractivity (Wildman–Crippen MR) is 122 cm³/mol. The number of hydrogen-bond acceptors (Lipinski definition) is 8. The Labute approximate surface area is 189 Å². The van der Waals surface area contributed by atoms with E-state index < -0.39 is 0 Å². The second-order valence-corrected chi connectivity index (χ2v) is 9.52. The van der Waals surface area contributed by atoms with Crippen LogP contribution in [0.1, 0.15) is 51.7 Å². The van der Waals surface area contributed by atoms with Gasteiger partial charge in [-0.15, -0.1) is 10.2 Å². The van der Waals surface area contributed by atoms with E-state index in [0.29, 0.717) is 11.7 Å². The molecule has 1 saturated heterocycles. The highest BCUT2D eigenvalue weighted by Crippen LogP contribution is 2.20. The van der Waals surface area contributed by atoms with E-state index in [4.69, 9.17) is 4.52 Å². The van der Waals surface area contributed by atoms with Crippen LogP contribution in [0.15, 0.2) is 34.9 Å². The highest BCUT2D eigenvalue weighted by Gasteiger charge is 2.23. The van der Waals surface area contributed by atoms with Gasteiger partial charge >= 0.3 is 0 Å². The molecule has 9 heteroatoms. The topological polar surface area (TPSA) is 89.0 Å². The summed E-state index contributed by atoms with van der Waals surface area (Å²) in [7, 11) is 0. The van der Waals surface area contributed by atoms with Gasteiger partial charge in [0.15, 0.2) is 5.82 Å². The molecule has 0 unspecified atom stereocenters.